The Balaban J connectivity index is 2.30. The van der Waals surface area contributed by atoms with Crippen LogP contribution in [0.1, 0.15) is 23.7 Å². The Morgan fingerprint density at radius 1 is 1.57 bits per heavy atom. The molecule has 1 aliphatic heterocycles. The standard InChI is InChI=1S/C13H16ClN3O4/c1-7-2-3-16(6-11(7)18)13(19)8-4-9(14)12(15)10(5-8)17(20)21/h4-5,7,11,18H,2-3,6,15H2,1H3. The minimum atomic E-state index is -0.675. The average Bonchev–Trinajstić information content (AvgIpc) is 2.43. The van der Waals surface area contributed by atoms with Crippen molar-refractivity contribution in [1.82, 2.24) is 4.90 Å². The molecule has 7 nitrogen and oxygen atoms in total. The first kappa shape index (κ1) is 15.5. The first-order valence-corrected chi connectivity index (χ1v) is 6.89. The van der Waals surface area contributed by atoms with Crippen molar-refractivity contribution < 1.29 is 14.8 Å². The van der Waals surface area contributed by atoms with Crippen LogP contribution in [0.5, 0.6) is 0 Å². The fourth-order valence-electron chi connectivity index (χ4n) is 2.29. The number of nitrogens with two attached hydrogens (primary N) is 1. The number of β-amino-alcohol motifs (C(OH)–C–C–N with tert-alkyl or cyclic N) is 1. The van der Waals surface area contributed by atoms with Gasteiger partial charge in [0.15, 0.2) is 0 Å². The maximum Gasteiger partial charge on any atom is 0.294 e. The lowest BCUT2D eigenvalue weighted by molar-refractivity contribution is -0.383. The number of rotatable bonds is 2. The largest absolute Gasteiger partial charge is 0.392 e. The van der Waals surface area contributed by atoms with Crippen LogP contribution in [0.15, 0.2) is 12.1 Å². The maximum absolute atomic E-state index is 12.4. The highest BCUT2D eigenvalue weighted by Gasteiger charge is 2.29. The lowest BCUT2D eigenvalue weighted by Gasteiger charge is -2.34. The third-order valence-corrected chi connectivity index (χ3v) is 4.07. The van der Waals surface area contributed by atoms with Crippen molar-refractivity contribution in [2.45, 2.75) is 19.4 Å². The van der Waals surface area contributed by atoms with E-state index in [0.29, 0.717) is 13.0 Å². The van der Waals surface area contributed by atoms with Crippen molar-refractivity contribution in [2.24, 2.45) is 5.92 Å². The Kier molecular flexibility index (Phi) is 4.34. The molecule has 21 heavy (non-hydrogen) atoms. The van der Waals surface area contributed by atoms with Gasteiger partial charge in [-0.3, -0.25) is 14.9 Å². The molecule has 1 aromatic carbocycles. The van der Waals surface area contributed by atoms with Gasteiger partial charge >= 0.3 is 0 Å². The number of aliphatic hydroxyl groups excluding tert-OH is 1. The van der Waals surface area contributed by atoms with Crippen LogP contribution in [-0.4, -0.2) is 40.0 Å². The predicted molar refractivity (Wildman–Crippen MR) is 78.2 cm³/mol. The molecule has 2 atom stereocenters. The van der Waals surface area contributed by atoms with Crippen molar-refractivity contribution in [2.75, 3.05) is 18.8 Å². The number of anilines is 1. The summed E-state index contributed by atoms with van der Waals surface area (Å²) in [6.07, 6.45) is 0.0829. The second-order valence-electron chi connectivity index (χ2n) is 5.23. The van der Waals surface area contributed by atoms with Gasteiger partial charge in [0.05, 0.1) is 16.0 Å². The van der Waals surface area contributed by atoms with Gasteiger partial charge in [-0.15, -0.1) is 0 Å². The topological polar surface area (TPSA) is 110 Å². The molecule has 114 valence electrons. The number of nitrogen functional groups attached to an aromatic ring is 1. The minimum Gasteiger partial charge on any atom is -0.392 e. The third kappa shape index (κ3) is 3.08. The van der Waals surface area contributed by atoms with E-state index in [-0.39, 0.29) is 28.7 Å². The van der Waals surface area contributed by atoms with Crippen LogP contribution in [0.2, 0.25) is 5.02 Å². The highest BCUT2D eigenvalue weighted by molar-refractivity contribution is 6.34. The van der Waals surface area contributed by atoms with Crippen molar-refractivity contribution >= 4 is 28.9 Å². The molecular weight excluding hydrogens is 298 g/mol. The van der Waals surface area contributed by atoms with Crippen LogP contribution in [0, 0.1) is 16.0 Å². The van der Waals surface area contributed by atoms with Gasteiger partial charge in [-0.1, -0.05) is 18.5 Å². The number of piperidine rings is 1. The highest BCUT2D eigenvalue weighted by atomic mass is 35.5. The van der Waals surface area contributed by atoms with E-state index in [9.17, 15) is 20.0 Å². The van der Waals surface area contributed by atoms with Crippen LogP contribution in [0.3, 0.4) is 0 Å². The molecular formula is C13H16ClN3O4. The first-order valence-electron chi connectivity index (χ1n) is 6.52. The zero-order valence-electron chi connectivity index (χ0n) is 11.5. The summed E-state index contributed by atoms with van der Waals surface area (Å²) in [5.41, 5.74) is 5.08. The molecule has 3 N–H and O–H groups in total. The van der Waals surface area contributed by atoms with E-state index < -0.39 is 22.6 Å². The van der Waals surface area contributed by atoms with Crippen LogP contribution in [-0.2, 0) is 0 Å². The van der Waals surface area contributed by atoms with Gasteiger partial charge in [0.1, 0.15) is 5.69 Å². The van der Waals surface area contributed by atoms with E-state index in [1.54, 1.807) is 0 Å². The monoisotopic (exact) mass is 313 g/mol. The summed E-state index contributed by atoms with van der Waals surface area (Å²) < 4.78 is 0. The second kappa shape index (κ2) is 5.87. The molecule has 1 heterocycles. The molecule has 0 saturated carbocycles. The number of benzene rings is 1. The molecule has 0 bridgehead atoms. The highest BCUT2D eigenvalue weighted by Crippen LogP contribution is 2.31. The summed E-state index contributed by atoms with van der Waals surface area (Å²) >= 11 is 5.85. The number of nitrogens with zero attached hydrogens (tertiary/aromatic N) is 2. The van der Waals surface area contributed by atoms with Gasteiger partial charge in [0, 0.05) is 24.7 Å². The van der Waals surface area contributed by atoms with Crippen LogP contribution < -0.4 is 5.73 Å². The van der Waals surface area contributed by atoms with Gasteiger partial charge < -0.3 is 15.7 Å². The summed E-state index contributed by atoms with van der Waals surface area (Å²) in [5.74, 6) is -0.274. The number of carbonyl (C=O) groups excluding carboxylic acids is 1. The number of carbonyl (C=O) groups is 1. The molecule has 1 aromatic rings. The smallest absolute Gasteiger partial charge is 0.294 e. The summed E-state index contributed by atoms with van der Waals surface area (Å²) in [6, 6.07) is 2.44. The molecule has 1 amide bonds. The fraction of sp³-hybridized carbons (Fsp3) is 0.462. The summed E-state index contributed by atoms with van der Waals surface area (Å²) in [7, 11) is 0. The molecule has 1 saturated heterocycles. The summed E-state index contributed by atoms with van der Waals surface area (Å²) in [5, 5.41) is 20.7. The van der Waals surface area contributed by atoms with E-state index in [2.05, 4.69) is 0 Å². The molecule has 8 heteroatoms. The normalized spacial score (nSPS) is 22.1. The Bertz CT molecular complexity index is 593. The maximum atomic E-state index is 12.4. The molecule has 2 unspecified atom stereocenters. The van der Waals surface area contributed by atoms with Crippen molar-refractivity contribution in [3.8, 4) is 0 Å². The molecule has 0 spiro atoms. The summed E-state index contributed by atoms with van der Waals surface area (Å²) in [4.78, 5) is 24.1. The fourth-order valence-corrected chi connectivity index (χ4v) is 2.51. The Labute approximate surface area is 126 Å². The average molecular weight is 314 g/mol. The minimum absolute atomic E-state index is 0.0292. The number of likely N-dealkylation sites (tertiary alicyclic amines) is 1. The number of hydrogen-bond donors (Lipinski definition) is 2. The van der Waals surface area contributed by atoms with Gasteiger partial charge in [-0.05, 0) is 18.4 Å². The number of halogens is 1. The molecule has 1 fully saturated rings. The molecule has 0 aromatic heterocycles. The SMILES string of the molecule is CC1CCN(C(=O)c2cc(Cl)c(N)c([N+](=O)[O-])c2)CC1O. The van der Waals surface area contributed by atoms with Crippen molar-refractivity contribution in [1.29, 1.82) is 0 Å². The summed E-state index contributed by atoms with van der Waals surface area (Å²) in [6.45, 7) is 2.61. The zero-order valence-corrected chi connectivity index (χ0v) is 12.2. The van der Waals surface area contributed by atoms with Crippen LogP contribution >= 0.6 is 11.6 Å². The lowest BCUT2D eigenvalue weighted by Crippen LogP contribution is -2.45. The number of nitro groups is 1. The van der Waals surface area contributed by atoms with E-state index in [1.165, 1.54) is 11.0 Å². The Hall–Kier alpha value is -1.86. The number of hydrogen-bond acceptors (Lipinski definition) is 5. The molecule has 2 rings (SSSR count). The molecule has 1 aliphatic rings. The first-order chi connectivity index (χ1) is 9.81. The van der Waals surface area contributed by atoms with Gasteiger partial charge in [-0.25, -0.2) is 0 Å². The molecule has 0 radical (unpaired) electrons. The Morgan fingerprint density at radius 2 is 2.24 bits per heavy atom. The van der Waals surface area contributed by atoms with E-state index in [4.69, 9.17) is 17.3 Å². The number of nitro benzene ring substituents is 1. The number of aliphatic hydroxyl groups is 1. The van der Waals surface area contributed by atoms with E-state index in [0.717, 1.165) is 6.07 Å². The Morgan fingerprint density at radius 3 is 2.81 bits per heavy atom. The zero-order chi connectivity index (χ0) is 15.7. The van der Waals surface area contributed by atoms with Crippen LogP contribution in [0.4, 0.5) is 11.4 Å². The van der Waals surface area contributed by atoms with Gasteiger partial charge in [0.2, 0.25) is 0 Å². The van der Waals surface area contributed by atoms with Gasteiger partial charge in [-0.2, -0.15) is 0 Å². The predicted octanol–water partition coefficient (Wildman–Crippen LogP) is 1.67. The third-order valence-electron chi connectivity index (χ3n) is 3.76. The van der Waals surface area contributed by atoms with E-state index in [1.807, 2.05) is 6.92 Å². The van der Waals surface area contributed by atoms with Crippen molar-refractivity contribution in [3.63, 3.8) is 0 Å². The molecule has 0 aliphatic carbocycles. The van der Waals surface area contributed by atoms with Crippen molar-refractivity contribution in [3.05, 3.63) is 32.8 Å². The number of amides is 1. The van der Waals surface area contributed by atoms with Gasteiger partial charge in [0.25, 0.3) is 11.6 Å². The van der Waals surface area contributed by atoms with Crippen LogP contribution in [0.25, 0.3) is 0 Å². The lowest BCUT2D eigenvalue weighted by atomic mass is 9.95. The van der Waals surface area contributed by atoms with E-state index >= 15 is 0 Å². The second-order valence-corrected chi connectivity index (χ2v) is 5.64. The quantitative estimate of drug-likeness (QED) is 0.490.